The van der Waals surface area contributed by atoms with Crippen LogP contribution < -0.4 is 10.6 Å². The zero-order chi connectivity index (χ0) is 24.7. The molecule has 1 aromatic carbocycles. The van der Waals surface area contributed by atoms with E-state index < -0.39 is 27.2 Å². The number of nitrogens with zero attached hydrogens (tertiary/aromatic N) is 3. The topological polar surface area (TPSA) is 121 Å². The van der Waals surface area contributed by atoms with E-state index in [-0.39, 0.29) is 34.0 Å². The number of amides is 3. The molecule has 0 unspecified atom stereocenters. The lowest BCUT2D eigenvalue weighted by Gasteiger charge is -2.16. The van der Waals surface area contributed by atoms with Crippen molar-refractivity contribution in [3.05, 3.63) is 52.9 Å². The standard InChI is InChI=1S/C21H19BrFN5O4S2/c1-21(2)18(29)28(20(30)27-21)10-9-24-19-25-11-14(22)17(26-19)15-7-8-16(33-15)34(31,32)13-5-3-12(23)4-6-13/h3-8,11H,9-10H2,1-2H3,(H,27,30)(H,24,25,26). The van der Waals surface area contributed by atoms with Gasteiger partial charge < -0.3 is 10.6 Å². The van der Waals surface area contributed by atoms with E-state index in [1.54, 1.807) is 19.9 Å². The molecule has 0 bridgehead atoms. The summed E-state index contributed by atoms with van der Waals surface area (Å²) in [5.74, 6) is -0.583. The van der Waals surface area contributed by atoms with Gasteiger partial charge in [-0.3, -0.25) is 9.69 Å². The number of anilines is 1. The zero-order valence-corrected chi connectivity index (χ0v) is 21.2. The first-order chi connectivity index (χ1) is 16.0. The summed E-state index contributed by atoms with van der Waals surface area (Å²) in [7, 11) is -3.81. The highest BCUT2D eigenvalue weighted by molar-refractivity contribution is 9.10. The minimum Gasteiger partial charge on any atom is -0.352 e. The predicted octanol–water partition coefficient (Wildman–Crippen LogP) is 3.68. The van der Waals surface area contributed by atoms with Crippen LogP contribution >= 0.6 is 27.3 Å². The second-order valence-electron chi connectivity index (χ2n) is 7.90. The fourth-order valence-electron chi connectivity index (χ4n) is 3.25. The summed E-state index contributed by atoms with van der Waals surface area (Å²) in [6, 6.07) is 7.29. The molecule has 0 atom stereocenters. The van der Waals surface area contributed by atoms with Gasteiger partial charge in [-0.1, -0.05) is 0 Å². The Morgan fingerprint density at radius 1 is 1.18 bits per heavy atom. The summed E-state index contributed by atoms with van der Waals surface area (Å²) in [4.78, 5) is 34.6. The molecule has 34 heavy (non-hydrogen) atoms. The van der Waals surface area contributed by atoms with Crippen LogP contribution in [0.5, 0.6) is 0 Å². The number of rotatable bonds is 7. The number of carbonyl (C=O) groups is 2. The summed E-state index contributed by atoms with van der Waals surface area (Å²) in [5, 5.41) is 5.59. The maximum atomic E-state index is 13.2. The van der Waals surface area contributed by atoms with Gasteiger partial charge in [0, 0.05) is 19.3 Å². The van der Waals surface area contributed by atoms with E-state index in [2.05, 4.69) is 36.5 Å². The highest BCUT2D eigenvalue weighted by Crippen LogP contribution is 2.36. The molecular formula is C21H19BrFN5O4S2. The van der Waals surface area contributed by atoms with Crippen LogP contribution in [0.4, 0.5) is 15.1 Å². The van der Waals surface area contributed by atoms with E-state index in [0.29, 0.717) is 15.0 Å². The van der Waals surface area contributed by atoms with Gasteiger partial charge in [0.1, 0.15) is 21.3 Å². The number of halogens is 2. The number of aromatic nitrogens is 2. The van der Waals surface area contributed by atoms with E-state index in [4.69, 9.17) is 0 Å². The zero-order valence-electron chi connectivity index (χ0n) is 18.0. The number of hydrogen-bond donors (Lipinski definition) is 2. The molecule has 3 amide bonds. The number of sulfone groups is 1. The van der Waals surface area contributed by atoms with Crippen LogP contribution in [0.15, 0.2) is 56.2 Å². The quantitative estimate of drug-likeness (QED) is 0.330. The Morgan fingerprint density at radius 2 is 1.88 bits per heavy atom. The monoisotopic (exact) mass is 567 g/mol. The van der Waals surface area contributed by atoms with Gasteiger partial charge in [0.15, 0.2) is 0 Å². The number of hydrogen-bond acceptors (Lipinski definition) is 8. The van der Waals surface area contributed by atoms with E-state index in [1.807, 2.05) is 0 Å². The van der Waals surface area contributed by atoms with E-state index in [1.165, 1.54) is 24.4 Å². The van der Waals surface area contributed by atoms with Crippen LogP contribution in [-0.2, 0) is 14.6 Å². The Bertz CT molecular complexity index is 1380. The number of urea groups is 1. The predicted molar refractivity (Wildman–Crippen MR) is 128 cm³/mol. The first kappa shape index (κ1) is 24.2. The van der Waals surface area contributed by atoms with Gasteiger partial charge in [-0.05, 0) is 66.2 Å². The largest absolute Gasteiger partial charge is 0.352 e. The molecule has 13 heteroatoms. The maximum absolute atomic E-state index is 13.2. The second kappa shape index (κ2) is 9.04. The molecule has 1 fully saturated rings. The molecule has 0 saturated carbocycles. The van der Waals surface area contributed by atoms with E-state index in [9.17, 15) is 22.4 Å². The molecule has 4 rings (SSSR count). The van der Waals surface area contributed by atoms with E-state index in [0.717, 1.165) is 28.4 Å². The SMILES string of the molecule is CC1(C)NC(=O)N(CCNc2ncc(Br)c(-c3ccc(S(=O)(=O)c4ccc(F)cc4)s3)n2)C1=O. The maximum Gasteiger partial charge on any atom is 0.325 e. The van der Waals surface area contributed by atoms with Crippen LogP contribution in [0.25, 0.3) is 10.6 Å². The van der Waals surface area contributed by atoms with Gasteiger partial charge in [-0.2, -0.15) is 0 Å². The van der Waals surface area contributed by atoms with Crippen molar-refractivity contribution in [1.82, 2.24) is 20.2 Å². The molecular weight excluding hydrogens is 549 g/mol. The first-order valence-electron chi connectivity index (χ1n) is 10.0. The number of benzene rings is 1. The molecule has 0 spiro atoms. The van der Waals surface area contributed by atoms with Crippen molar-refractivity contribution in [3.63, 3.8) is 0 Å². The second-order valence-corrected chi connectivity index (χ2v) is 12.0. The summed E-state index contributed by atoms with van der Waals surface area (Å²) < 4.78 is 39.6. The number of imide groups is 1. The van der Waals surface area contributed by atoms with Crippen LogP contribution in [0.1, 0.15) is 13.8 Å². The van der Waals surface area contributed by atoms with Gasteiger partial charge in [-0.25, -0.2) is 27.6 Å². The molecule has 1 aliphatic heterocycles. The van der Waals surface area contributed by atoms with Gasteiger partial charge >= 0.3 is 6.03 Å². The fraction of sp³-hybridized carbons (Fsp3) is 0.238. The summed E-state index contributed by atoms with van der Waals surface area (Å²) in [5.41, 5.74) is -0.470. The lowest BCUT2D eigenvalue weighted by atomic mass is 10.1. The summed E-state index contributed by atoms with van der Waals surface area (Å²) in [6.45, 7) is 3.62. The molecule has 0 radical (unpaired) electrons. The third kappa shape index (κ3) is 4.68. The Balaban J connectivity index is 1.50. The minimum absolute atomic E-state index is 0.00455. The van der Waals surface area contributed by atoms with Crippen LogP contribution in [0.2, 0.25) is 0 Å². The molecule has 3 aromatic rings. The number of thiophene rings is 1. The van der Waals surface area contributed by atoms with Crippen LogP contribution in [0.3, 0.4) is 0 Å². The van der Waals surface area contributed by atoms with Crippen LogP contribution in [-0.4, -0.2) is 53.9 Å². The summed E-state index contributed by atoms with van der Waals surface area (Å²) in [6.07, 6.45) is 1.52. The van der Waals surface area contributed by atoms with Crippen molar-refractivity contribution in [1.29, 1.82) is 0 Å². The van der Waals surface area contributed by atoms with Crippen molar-refractivity contribution in [2.75, 3.05) is 18.4 Å². The molecule has 1 saturated heterocycles. The molecule has 9 nitrogen and oxygen atoms in total. The average molecular weight is 568 g/mol. The van der Waals surface area contributed by atoms with Gasteiger partial charge in [0.05, 0.1) is 14.2 Å². The molecule has 0 aliphatic carbocycles. The molecule has 2 aromatic heterocycles. The third-order valence-corrected chi connectivity index (χ3v) is 8.94. The Labute approximate surface area is 207 Å². The van der Waals surface area contributed by atoms with Gasteiger partial charge in [-0.15, -0.1) is 11.3 Å². The smallest absolute Gasteiger partial charge is 0.325 e. The van der Waals surface area contributed by atoms with Crippen molar-refractivity contribution < 1.29 is 22.4 Å². The molecule has 178 valence electrons. The summed E-state index contributed by atoms with van der Waals surface area (Å²) >= 11 is 4.41. The minimum atomic E-state index is -3.81. The fourth-order valence-corrected chi connectivity index (χ4v) is 6.50. The number of carbonyl (C=O) groups excluding carboxylic acids is 2. The number of nitrogens with one attached hydrogen (secondary N) is 2. The Kier molecular flexibility index (Phi) is 6.44. The Hall–Kier alpha value is -2.90. The lowest BCUT2D eigenvalue weighted by Crippen LogP contribution is -2.40. The van der Waals surface area contributed by atoms with Crippen LogP contribution in [0, 0.1) is 5.82 Å². The highest BCUT2D eigenvalue weighted by atomic mass is 79.9. The van der Waals surface area contributed by atoms with Crippen molar-refractivity contribution in [2.24, 2.45) is 0 Å². The van der Waals surface area contributed by atoms with Crippen molar-refractivity contribution in [3.8, 4) is 10.6 Å². The molecule has 2 N–H and O–H groups in total. The van der Waals surface area contributed by atoms with Crippen molar-refractivity contribution >= 4 is 55.0 Å². The van der Waals surface area contributed by atoms with Gasteiger partial charge in [0.25, 0.3) is 5.91 Å². The first-order valence-corrected chi connectivity index (χ1v) is 13.1. The van der Waals surface area contributed by atoms with Crippen molar-refractivity contribution in [2.45, 2.75) is 28.5 Å². The molecule has 1 aliphatic rings. The highest BCUT2D eigenvalue weighted by Gasteiger charge is 2.43. The lowest BCUT2D eigenvalue weighted by molar-refractivity contribution is -0.130. The normalized spacial score (nSPS) is 15.5. The average Bonchev–Trinajstić information content (AvgIpc) is 3.34. The third-order valence-electron chi connectivity index (χ3n) is 5.01. The molecule has 3 heterocycles. The van der Waals surface area contributed by atoms with Gasteiger partial charge in [0.2, 0.25) is 15.8 Å². The Morgan fingerprint density at radius 3 is 2.53 bits per heavy atom. The van der Waals surface area contributed by atoms with E-state index >= 15 is 0 Å².